The molecule has 1 N–H and O–H groups in total. The Hall–Kier alpha value is -1.02. The smallest absolute Gasteiger partial charge is 0.124 e. The fraction of sp³-hybridized carbons (Fsp3) is 0.600. The summed E-state index contributed by atoms with van der Waals surface area (Å²) in [5.41, 5.74) is 1.34. The highest BCUT2D eigenvalue weighted by Gasteiger charge is 2.24. The number of hydrogen-bond donors (Lipinski definition) is 1. The van der Waals surface area contributed by atoms with E-state index < -0.39 is 0 Å². The van der Waals surface area contributed by atoms with E-state index >= 15 is 0 Å². The van der Waals surface area contributed by atoms with E-state index in [4.69, 9.17) is 4.74 Å². The first kappa shape index (κ1) is 11.1. The highest BCUT2D eigenvalue weighted by molar-refractivity contribution is 5.39. The minimum atomic E-state index is 0.410. The van der Waals surface area contributed by atoms with Crippen molar-refractivity contribution in [1.82, 2.24) is 5.32 Å². The second-order valence-corrected chi connectivity index (χ2v) is 5.31. The molecule has 0 radical (unpaired) electrons. The molecule has 92 valence electrons. The predicted molar refractivity (Wildman–Crippen MR) is 69.3 cm³/mol. The minimum Gasteiger partial charge on any atom is -0.491 e. The van der Waals surface area contributed by atoms with Gasteiger partial charge in [0, 0.05) is 5.56 Å². The van der Waals surface area contributed by atoms with Crippen molar-refractivity contribution in [3.63, 3.8) is 0 Å². The van der Waals surface area contributed by atoms with Gasteiger partial charge in [-0.05, 0) is 31.4 Å². The van der Waals surface area contributed by atoms with Crippen LogP contribution in [0, 0.1) is 5.92 Å². The zero-order valence-corrected chi connectivity index (χ0v) is 10.3. The molecule has 1 saturated carbocycles. The maximum atomic E-state index is 5.69. The van der Waals surface area contributed by atoms with Crippen LogP contribution in [0.25, 0.3) is 0 Å². The molecular formula is C15H21NO. The number of hydrogen-bond acceptors (Lipinski definition) is 2. The zero-order chi connectivity index (χ0) is 11.5. The molecule has 1 fully saturated rings. The Bertz CT molecular complexity index is 371. The summed E-state index contributed by atoms with van der Waals surface area (Å²) in [5.74, 6) is 1.95. The standard InChI is InChI=1S/C15H21NO/c1-2-6-12(7-3-1)10-16-14-11-17-15-9-5-4-8-13(14)15/h4-5,8-9,12,14,16H,1-3,6-7,10-11H2. The van der Waals surface area contributed by atoms with Gasteiger partial charge in [-0.15, -0.1) is 0 Å². The first-order valence-corrected chi connectivity index (χ1v) is 6.88. The summed E-state index contributed by atoms with van der Waals surface area (Å²) in [7, 11) is 0. The monoisotopic (exact) mass is 231 g/mol. The lowest BCUT2D eigenvalue weighted by atomic mass is 9.89. The normalized spacial score (nSPS) is 24.4. The summed E-state index contributed by atoms with van der Waals surface area (Å²) in [6.07, 6.45) is 7.09. The maximum Gasteiger partial charge on any atom is 0.124 e. The molecule has 1 aliphatic heterocycles. The Balaban J connectivity index is 1.56. The molecule has 1 aromatic carbocycles. The largest absolute Gasteiger partial charge is 0.491 e. The van der Waals surface area contributed by atoms with E-state index in [0.717, 1.165) is 24.8 Å². The summed E-state index contributed by atoms with van der Waals surface area (Å²) >= 11 is 0. The van der Waals surface area contributed by atoms with E-state index in [9.17, 15) is 0 Å². The van der Waals surface area contributed by atoms with Crippen molar-refractivity contribution in [2.45, 2.75) is 38.1 Å². The molecule has 17 heavy (non-hydrogen) atoms. The Morgan fingerprint density at radius 1 is 1.12 bits per heavy atom. The molecule has 0 aromatic heterocycles. The van der Waals surface area contributed by atoms with E-state index in [1.165, 1.54) is 37.7 Å². The van der Waals surface area contributed by atoms with Crippen molar-refractivity contribution in [3.05, 3.63) is 29.8 Å². The molecule has 2 aliphatic rings. The molecule has 0 bridgehead atoms. The van der Waals surface area contributed by atoms with Crippen molar-refractivity contribution in [1.29, 1.82) is 0 Å². The molecule has 3 rings (SSSR count). The number of ether oxygens (including phenoxy) is 1. The molecule has 1 heterocycles. The summed E-state index contributed by atoms with van der Waals surface area (Å²) in [4.78, 5) is 0. The molecule has 2 heteroatoms. The maximum absolute atomic E-state index is 5.69. The molecular weight excluding hydrogens is 210 g/mol. The topological polar surface area (TPSA) is 21.3 Å². The lowest BCUT2D eigenvalue weighted by Crippen LogP contribution is -2.29. The number of para-hydroxylation sites is 1. The summed E-state index contributed by atoms with van der Waals surface area (Å²) in [6.45, 7) is 1.95. The van der Waals surface area contributed by atoms with Crippen molar-refractivity contribution in [2.75, 3.05) is 13.2 Å². The number of fused-ring (bicyclic) bond motifs is 1. The number of benzene rings is 1. The van der Waals surface area contributed by atoms with E-state index in [1.54, 1.807) is 0 Å². The van der Waals surface area contributed by atoms with Crippen molar-refractivity contribution < 1.29 is 4.74 Å². The van der Waals surface area contributed by atoms with Gasteiger partial charge in [0.25, 0.3) is 0 Å². The van der Waals surface area contributed by atoms with Crippen LogP contribution in [0.3, 0.4) is 0 Å². The molecule has 1 aromatic rings. The van der Waals surface area contributed by atoms with Gasteiger partial charge >= 0.3 is 0 Å². The fourth-order valence-electron chi connectivity index (χ4n) is 3.03. The van der Waals surface area contributed by atoms with E-state index in [1.807, 2.05) is 6.07 Å². The SMILES string of the molecule is c1ccc2c(c1)OCC2NCC1CCCCC1. The number of nitrogens with one attached hydrogen (secondary N) is 1. The summed E-state index contributed by atoms with van der Waals surface area (Å²) in [6, 6.07) is 8.80. The first-order chi connectivity index (χ1) is 8.43. The zero-order valence-electron chi connectivity index (χ0n) is 10.3. The van der Waals surface area contributed by atoms with Gasteiger partial charge in [-0.1, -0.05) is 37.5 Å². The summed E-state index contributed by atoms with van der Waals surface area (Å²) < 4.78 is 5.69. The van der Waals surface area contributed by atoms with Gasteiger partial charge in [0.1, 0.15) is 12.4 Å². The van der Waals surface area contributed by atoms with Gasteiger partial charge in [0.15, 0.2) is 0 Å². The van der Waals surface area contributed by atoms with E-state index in [0.29, 0.717) is 6.04 Å². The van der Waals surface area contributed by atoms with Crippen molar-refractivity contribution in [3.8, 4) is 5.75 Å². The van der Waals surface area contributed by atoms with Crippen molar-refractivity contribution >= 4 is 0 Å². The third-order valence-electron chi connectivity index (χ3n) is 4.08. The molecule has 0 saturated heterocycles. The second kappa shape index (κ2) is 5.09. The van der Waals surface area contributed by atoms with Gasteiger partial charge in [0.2, 0.25) is 0 Å². The lowest BCUT2D eigenvalue weighted by molar-refractivity contribution is 0.284. The third-order valence-corrected chi connectivity index (χ3v) is 4.08. The van der Waals surface area contributed by atoms with Crippen LogP contribution in [0.5, 0.6) is 5.75 Å². The molecule has 1 atom stereocenters. The Morgan fingerprint density at radius 2 is 1.94 bits per heavy atom. The number of rotatable bonds is 3. The van der Waals surface area contributed by atoms with Crippen LogP contribution < -0.4 is 10.1 Å². The highest BCUT2D eigenvalue weighted by atomic mass is 16.5. The highest BCUT2D eigenvalue weighted by Crippen LogP contribution is 2.32. The van der Waals surface area contributed by atoms with Gasteiger partial charge in [-0.3, -0.25) is 0 Å². The fourth-order valence-corrected chi connectivity index (χ4v) is 3.03. The Kier molecular flexibility index (Phi) is 3.32. The van der Waals surface area contributed by atoms with Crippen LogP contribution in [0.4, 0.5) is 0 Å². The third kappa shape index (κ3) is 2.47. The molecule has 2 nitrogen and oxygen atoms in total. The van der Waals surface area contributed by atoms with Crippen LogP contribution in [0.1, 0.15) is 43.7 Å². The minimum absolute atomic E-state index is 0.410. The second-order valence-electron chi connectivity index (χ2n) is 5.31. The summed E-state index contributed by atoms with van der Waals surface area (Å²) in [5, 5.41) is 3.68. The van der Waals surface area contributed by atoms with Crippen LogP contribution in [0.2, 0.25) is 0 Å². The van der Waals surface area contributed by atoms with Gasteiger partial charge in [-0.25, -0.2) is 0 Å². The van der Waals surface area contributed by atoms with Crippen molar-refractivity contribution in [2.24, 2.45) is 5.92 Å². The quantitative estimate of drug-likeness (QED) is 0.862. The van der Waals surface area contributed by atoms with E-state index in [-0.39, 0.29) is 0 Å². The van der Waals surface area contributed by atoms with E-state index in [2.05, 4.69) is 23.5 Å². The Morgan fingerprint density at radius 3 is 2.82 bits per heavy atom. The molecule has 1 aliphatic carbocycles. The first-order valence-electron chi connectivity index (χ1n) is 6.88. The van der Waals surface area contributed by atoms with Crippen LogP contribution >= 0.6 is 0 Å². The van der Waals surface area contributed by atoms with Gasteiger partial charge in [-0.2, -0.15) is 0 Å². The molecule has 1 unspecified atom stereocenters. The Labute approximate surface area is 103 Å². The van der Waals surface area contributed by atoms with Gasteiger partial charge in [0.05, 0.1) is 6.04 Å². The lowest BCUT2D eigenvalue weighted by Gasteiger charge is -2.23. The van der Waals surface area contributed by atoms with Crippen LogP contribution in [-0.4, -0.2) is 13.2 Å². The van der Waals surface area contributed by atoms with Gasteiger partial charge < -0.3 is 10.1 Å². The molecule has 0 amide bonds. The molecule has 0 spiro atoms. The van der Waals surface area contributed by atoms with Crippen LogP contribution in [0.15, 0.2) is 24.3 Å². The predicted octanol–water partition coefficient (Wildman–Crippen LogP) is 3.29. The average Bonchev–Trinajstić information content (AvgIpc) is 2.81. The van der Waals surface area contributed by atoms with Crippen LogP contribution in [-0.2, 0) is 0 Å². The average molecular weight is 231 g/mol.